The molecule has 1 heterocycles. The Labute approximate surface area is 178 Å². The van der Waals surface area contributed by atoms with Crippen molar-refractivity contribution in [3.63, 3.8) is 0 Å². The number of fused-ring (bicyclic) bond motifs is 1. The summed E-state index contributed by atoms with van der Waals surface area (Å²) in [5.41, 5.74) is 3.21. The van der Waals surface area contributed by atoms with Crippen LogP contribution in [-0.2, 0) is 32.9 Å². The topological polar surface area (TPSA) is 114 Å². The molecule has 10 heteroatoms. The maximum absolute atomic E-state index is 11.7. The Balaban J connectivity index is 1.35. The van der Waals surface area contributed by atoms with Crippen molar-refractivity contribution in [3.05, 3.63) is 53.6 Å². The van der Waals surface area contributed by atoms with Gasteiger partial charge in [-0.25, -0.2) is 16.8 Å². The third-order valence-corrected chi connectivity index (χ3v) is 6.51. The molecule has 1 aliphatic rings. The molecule has 2 aromatic carbocycles. The van der Waals surface area contributed by atoms with E-state index in [-0.39, 0.29) is 5.75 Å². The van der Waals surface area contributed by atoms with E-state index in [2.05, 4.69) is 14.8 Å². The number of hydrogen-bond acceptors (Lipinski definition) is 6. The van der Waals surface area contributed by atoms with Crippen molar-refractivity contribution in [2.45, 2.75) is 19.3 Å². The lowest BCUT2D eigenvalue weighted by molar-refractivity contribution is 0.311. The maximum Gasteiger partial charge on any atom is 0.233 e. The van der Waals surface area contributed by atoms with Crippen LogP contribution in [0.4, 0.5) is 11.4 Å². The van der Waals surface area contributed by atoms with E-state index in [4.69, 9.17) is 4.74 Å². The minimum Gasteiger partial charge on any atom is -0.492 e. The van der Waals surface area contributed by atoms with E-state index in [1.807, 2.05) is 18.2 Å². The van der Waals surface area contributed by atoms with Crippen molar-refractivity contribution in [3.8, 4) is 5.75 Å². The molecule has 0 saturated carbocycles. The average Bonchev–Trinajstić information content (AvgIpc) is 2.66. The van der Waals surface area contributed by atoms with Gasteiger partial charge < -0.3 is 10.1 Å². The van der Waals surface area contributed by atoms with Crippen LogP contribution in [0.5, 0.6) is 5.75 Å². The van der Waals surface area contributed by atoms with Crippen LogP contribution < -0.4 is 19.5 Å². The molecular weight excluding hydrogens is 426 g/mol. The second-order valence-corrected chi connectivity index (χ2v) is 10.8. The highest BCUT2D eigenvalue weighted by Crippen LogP contribution is 2.31. The second kappa shape index (κ2) is 9.67. The van der Waals surface area contributed by atoms with Gasteiger partial charge in [-0.3, -0.25) is 9.44 Å². The van der Waals surface area contributed by atoms with Crippen LogP contribution >= 0.6 is 0 Å². The molecule has 0 amide bonds. The lowest BCUT2D eigenvalue weighted by atomic mass is 10.1. The number of sulfonamides is 2. The van der Waals surface area contributed by atoms with Crippen molar-refractivity contribution >= 4 is 31.4 Å². The van der Waals surface area contributed by atoms with Crippen LogP contribution in [0.25, 0.3) is 0 Å². The lowest BCUT2D eigenvalue weighted by Gasteiger charge is -2.21. The molecule has 1 aliphatic heterocycles. The van der Waals surface area contributed by atoms with E-state index in [1.54, 1.807) is 24.3 Å². The van der Waals surface area contributed by atoms with Crippen molar-refractivity contribution in [1.29, 1.82) is 0 Å². The van der Waals surface area contributed by atoms with Crippen molar-refractivity contribution in [2.24, 2.45) is 0 Å². The molecular formula is C20H27N3O5S2. The van der Waals surface area contributed by atoms with E-state index in [9.17, 15) is 16.8 Å². The normalized spacial score (nSPS) is 15.1. The molecule has 3 rings (SSSR count). The highest BCUT2D eigenvalue weighted by molar-refractivity contribution is 7.92. The molecule has 0 radical (unpaired) electrons. The Morgan fingerprint density at radius 3 is 2.60 bits per heavy atom. The van der Waals surface area contributed by atoms with Gasteiger partial charge in [0.15, 0.2) is 0 Å². The van der Waals surface area contributed by atoms with Gasteiger partial charge in [-0.15, -0.1) is 0 Å². The number of rotatable bonds is 10. The molecule has 164 valence electrons. The van der Waals surface area contributed by atoms with E-state index >= 15 is 0 Å². The number of benzene rings is 2. The molecule has 0 aromatic heterocycles. The van der Waals surface area contributed by atoms with Gasteiger partial charge in [-0.05, 0) is 55.6 Å². The molecule has 0 spiro atoms. The highest BCUT2D eigenvalue weighted by Gasteiger charge is 2.22. The van der Waals surface area contributed by atoms with Gasteiger partial charge in [0, 0.05) is 17.8 Å². The molecule has 0 bridgehead atoms. The summed E-state index contributed by atoms with van der Waals surface area (Å²) >= 11 is 0. The van der Waals surface area contributed by atoms with Gasteiger partial charge in [0.2, 0.25) is 20.0 Å². The SMILES string of the molecule is CS(=O)(=O)Nc1ccc(CCCNCCOc2cccc3c2CCS(=O)(=O)N3)cc1. The molecule has 0 aliphatic carbocycles. The predicted molar refractivity (Wildman–Crippen MR) is 119 cm³/mol. The molecule has 30 heavy (non-hydrogen) atoms. The van der Waals surface area contributed by atoms with Gasteiger partial charge in [-0.1, -0.05) is 18.2 Å². The summed E-state index contributed by atoms with van der Waals surface area (Å²) in [7, 11) is -6.48. The van der Waals surface area contributed by atoms with Crippen molar-refractivity contribution in [2.75, 3.05) is 41.1 Å². The molecule has 0 atom stereocenters. The summed E-state index contributed by atoms with van der Waals surface area (Å²) < 4.78 is 56.6. The van der Waals surface area contributed by atoms with Crippen molar-refractivity contribution in [1.82, 2.24) is 5.32 Å². The predicted octanol–water partition coefficient (Wildman–Crippen LogP) is 1.96. The first-order valence-electron chi connectivity index (χ1n) is 9.74. The summed E-state index contributed by atoms with van der Waals surface area (Å²) in [5.74, 6) is 0.795. The number of hydrogen-bond donors (Lipinski definition) is 3. The fourth-order valence-electron chi connectivity index (χ4n) is 3.24. The van der Waals surface area contributed by atoms with Crippen LogP contribution in [0.3, 0.4) is 0 Å². The molecule has 0 saturated heterocycles. The first-order chi connectivity index (χ1) is 14.2. The van der Waals surface area contributed by atoms with E-state index in [0.717, 1.165) is 42.5 Å². The van der Waals surface area contributed by atoms with Gasteiger partial charge in [0.25, 0.3) is 0 Å². The summed E-state index contributed by atoms with van der Waals surface area (Å²) in [4.78, 5) is 0. The maximum atomic E-state index is 11.7. The van der Waals surface area contributed by atoms with Crippen LogP contribution in [-0.4, -0.2) is 48.5 Å². The average molecular weight is 454 g/mol. The molecule has 0 fully saturated rings. The summed E-state index contributed by atoms with van der Waals surface area (Å²) in [6.07, 6.45) is 3.41. The van der Waals surface area contributed by atoms with Gasteiger partial charge in [0.05, 0.1) is 17.7 Å². The fraction of sp³-hybridized carbons (Fsp3) is 0.400. The Morgan fingerprint density at radius 1 is 1.10 bits per heavy atom. The largest absolute Gasteiger partial charge is 0.492 e. The summed E-state index contributed by atoms with van der Waals surface area (Å²) in [5, 5.41) is 3.33. The lowest BCUT2D eigenvalue weighted by Crippen LogP contribution is -2.25. The van der Waals surface area contributed by atoms with Crippen molar-refractivity contribution < 1.29 is 21.6 Å². The zero-order chi connectivity index (χ0) is 21.6. The molecule has 8 nitrogen and oxygen atoms in total. The number of aryl methyl sites for hydroxylation is 1. The Hall–Kier alpha value is -2.30. The van der Waals surface area contributed by atoms with Crippen LogP contribution in [0.1, 0.15) is 17.5 Å². The van der Waals surface area contributed by atoms with Gasteiger partial charge in [0.1, 0.15) is 12.4 Å². The Kier molecular flexibility index (Phi) is 7.22. The second-order valence-electron chi connectivity index (χ2n) is 7.23. The van der Waals surface area contributed by atoms with Gasteiger partial charge >= 0.3 is 0 Å². The highest BCUT2D eigenvalue weighted by atomic mass is 32.2. The minimum absolute atomic E-state index is 0.0733. The standard InChI is InChI=1S/C20H27N3O5S2/c1-29(24,25)22-17-9-7-16(8-10-17)4-3-12-21-13-14-28-20-6-2-5-19-18(20)11-15-30(26,27)23-19/h2,5-10,21-23H,3-4,11-15H2,1H3. The molecule has 0 unspecified atom stereocenters. The first kappa shape index (κ1) is 22.4. The van der Waals surface area contributed by atoms with E-state index < -0.39 is 20.0 Å². The number of nitrogens with one attached hydrogen (secondary N) is 3. The van der Waals surface area contributed by atoms with E-state index in [0.29, 0.717) is 30.9 Å². The third-order valence-electron chi connectivity index (χ3n) is 4.63. The number of ether oxygens (including phenoxy) is 1. The fourth-order valence-corrected chi connectivity index (χ4v) is 4.90. The quantitative estimate of drug-likeness (QED) is 0.474. The van der Waals surface area contributed by atoms with E-state index in [1.165, 1.54) is 0 Å². The van der Waals surface area contributed by atoms with Crippen LogP contribution in [0, 0.1) is 0 Å². The zero-order valence-corrected chi connectivity index (χ0v) is 18.5. The molecule has 3 N–H and O–H groups in total. The Morgan fingerprint density at radius 2 is 1.87 bits per heavy atom. The summed E-state index contributed by atoms with van der Waals surface area (Å²) in [6, 6.07) is 12.8. The van der Waals surface area contributed by atoms with Gasteiger partial charge in [-0.2, -0.15) is 0 Å². The first-order valence-corrected chi connectivity index (χ1v) is 13.3. The minimum atomic E-state index is -3.25. The zero-order valence-electron chi connectivity index (χ0n) is 16.8. The number of anilines is 2. The van der Waals surface area contributed by atoms with Crippen LogP contribution in [0.15, 0.2) is 42.5 Å². The van der Waals surface area contributed by atoms with Crippen LogP contribution in [0.2, 0.25) is 0 Å². The Bertz CT molecular complexity index is 1070. The third kappa shape index (κ3) is 6.89. The monoisotopic (exact) mass is 453 g/mol. The smallest absolute Gasteiger partial charge is 0.233 e. The summed E-state index contributed by atoms with van der Waals surface area (Å²) in [6.45, 7) is 2.01. The molecule has 2 aromatic rings.